The predicted molar refractivity (Wildman–Crippen MR) is 52.9 cm³/mol. The lowest BCUT2D eigenvalue weighted by atomic mass is 10.3. The first kappa shape index (κ1) is 8.51. The molecule has 0 saturated heterocycles. The second kappa shape index (κ2) is 3.00. The molecule has 0 unspecified atom stereocenters. The molecule has 0 spiro atoms. The van der Waals surface area contributed by atoms with Crippen molar-refractivity contribution >= 4 is 22.6 Å². The average molecular weight is 196 g/mol. The van der Waals surface area contributed by atoms with Crippen molar-refractivity contribution in [3.05, 3.63) is 23.5 Å². The molecule has 13 heavy (non-hydrogen) atoms. The quantitative estimate of drug-likeness (QED) is 0.701. The van der Waals surface area contributed by atoms with E-state index >= 15 is 0 Å². The molecule has 0 saturated carbocycles. The van der Waals surface area contributed by atoms with Crippen LogP contribution in [-0.4, -0.2) is 14.8 Å². The lowest BCUT2D eigenvalue weighted by Crippen LogP contribution is -2.01. The number of hydrogen-bond acceptors (Lipinski definition) is 2. The van der Waals surface area contributed by atoms with E-state index in [1.54, 1.807) is 12.4 Å². The lowest BCUT2D eigenvalue weighted by Gasteiger charge is -2.06. The van der Waals surface area contributed by atoms with Gasteiger partial charge in [0.2, 0.25) is 0 Å². The van der Waals surface area contributed by atoms with Crippen molar-refractivity contribution in [1.82, 2.24) is 14.8 Å². The summed E-state index contributed by atoms with van der Waals surface area (Å²) in [7, 11) is 0. The fourth-order valence-electron chi connectivity index (χ4n) is 1.31. The number of nitrogens with zero attached hydrogens (tertiary/aromatic N) is 3. The molecule has 2 aromatic rings. The van der Waals surface area contributed by atoms with Crippen molar-refractivity contribution in [1.29, 1.82) is 0 Å². The Balaban J connectivity index is 2.71. The van der Waals surface area contributed by atoms with Crippen LogP contribution in [0.4, 0.5) is 0 Å². The van der Waals surface area contributed by atoms with Gasteiger partial charge in [-0.15, -0.1) is 0 Å². The van der Waals surface area contributed by atoms with Crippen molar-refractivity contribution in [2.24, 2.45) is 0 Å². The maximum Gasteiger partial charge on any atom is 0.108 e. The van der Waals surface area contributed by atoms with Gasteiger partial charge in [0.1, 0.15) is 5.52 Å². The molecule has 0 radical (unpaired) electrons. The van der Waals surface area contributed by atoms with E-state index in [9.17, 15) is 0 Å². The second-order valence-corrected chi connectivity index (χ2v) is 3.68. The molecule has 0 atom stereocenters. The molecule has 2 heterocycles. The van der Waals surface area contributed by atoms with E-state index in [-0.39, 0.29) is 0 Å². The Bertz CT molecular complexity index is 433. The standard InChI is InChI=1S/C9H10ClN3/c1-6(2)13-9-3-7(10)4-11-8(9)5-12-13/h3-6H,1-2H3. The molecule has 0 N–H and O–H groups in total. The third kappa shape index (κ3) is 1.40. The van der Waals surface area contributed by atoms with Crippen molar-refractivity contribution in [3.8, 4) is 0 Å². The van der Waals surface area contributed by atoms with Gasteiger partial charge in [-0.2, -0.15) is 5.10 Å². The monoisotopic (exact) mass is 195 g/mol. The van der Waals surface area contributed by atoms with Crippen LogP contribution in [0.15, 0.2) is 18.5 Å². The number of hydrogen-bond donors (Lipinski definition) is 0. The summed E-state index contributed by atoms with van der Waals surface area (Å²) in [5.41, 5.74) is 1.88. The smallest absolute Gasteiger partial charge is 0.108 e. The summed E-state index contributed by atoms with van der Waals surface area (Å²) in [5.74, 6) is 0. The van der Waals surface area contributed by atoms with Gasteiger partial charge in [-0.05, 0) is 19.9 Å². The highest BCUT2D eigenvalue weighted by atomic mass is 35.5. The van der Waals surface area contributed by atoms with Crippen LogP contribution < -0.4 is 0 Å². The van der Waals surface area contributed by atoms with Crippen molar-refractivity contribution < 1.29 is 0 Å². The van der Waals surface area contributed by atoms with Crippen LogP contribution in [0.25, 0.3) is 11.0 Å². The third-order valence-electron chi connectivity index (χ3n) is 1.90. The van der Waals surface area contributed by atoms with Crippen molar-refractivity contribution in [2.45, 2.75) is 19.9 Å². The molecule has 0 aromatic carbocycles. The molecule has 3 nitrogen and oxygen atoms in total. The highest BCUT2D eigenvalue weighted by molar-refractivity contribution is 6.31. The summed E-state index contributed by atoms with van der Waals surface area (Å²) >= 11 is 5.85. The number of pyridine rings is 1. The van der Waals surface area contributed by atoms with E-state index < -0.39 is 0 Å². The van der Waals surface area contributed by atoms with E-state index in [1.807, 2.05) is 10.7 Å². The number of rotatable bonds is 1. The van der Waals surface area contributed by atoms with E-state index in [4.69, 9.17) is 11.6 Å². The molecule has 0 amide bonds. The Morgan fingerprint density at radius 1 is 1.38 bits per heavy atom. The summed E-state index contributed by atoms with van der Waals surface area (Å²) in [6.45, 7) is 4.15. The van der Waals surface area contributed by atoms with Crippen LogP contribution in [0.5, 0.6) is 0 Å². The summed E-state index contributed by atoms with van der Waals surface area (Å²) in [4.78, 5) is 4.17. The molecule has 0 bridgehead atoms. The molecule has 2 rings (SSSR count). The van der Waals surface area contributed by atoms with Gasteiger partial charge in [-0.3, -0.25) is 9.67 Å². The summed E-state index contributed by atoms with van der Waals surface area (Å²) in [6.07, 6.45) is 3.39. The molecular weight excluding hydrogens is 186 g/mol. The Morgan fingerprint density at radius 2 is 2.15 bits per heavy atom. The van der Waals surface area contributed by atoms with Gasteiger partial charge in [0.15, 0.2) is 0 Å². The van der Waals surface area contributed by atoms with Crippen molar-refractivity contribution in [2.75, 3.05) is 0 Å². The van der Waals surface area contributed by atoms with Gasteiger partial charge in [-0.1, -0.05) is 11.6 Å². The molecular formula is C9H10ClN3. The van der Waals surface area contributed by atoms with Crippen LogP contribution in [0.3, 0.4) is 0 Å². The molecule has 0 fully saturated rings. The van der Waals surface area contributed by atoms with Gasteiger partial charge >= 0.3 is 0 Å². The molecule has 0 aliphatic rings. The molecule has 2 aromatic heterocycles. The fourth-order valence-corrected chi connectivity index (χ4v) is 1.46. The van der Waals surface area contributed by atoms with E-state index in [2.05, 4.69) is 23.9 Å². The highest BCUT2D eigenvalue weighted by Crippen LogP contribution is 2.18. The molecule has 0 aliphatic carbocycles. The number of aromatic nitrogens is 3. The Morgan fingerprint density at radius 3 is 2.85 bits per heavy atom. The summed E-state index contributed by atoms with van der Waals surface area (Å²) < 4.78 is 1.91. The summed E-state index contributed by atoms with van der Waals surface area (Å²) in [5, 5.41) is 4.88. The largest absolute Gasteiger partial charge is 0.261 e. The van der Waals surface area contributed by atoms with E-state index in [0.717, 1.165) is 11.0 Å². The summed E-state index contributed by atoms with van der Waals surface area (Å²) in [6, 6.07) is 2.22. The molecule has 0 aliphatic heterocycles. The second-order valence-electron chi connectivity index (χ2n) is 3.24. The van der Waals surface area contributed by atoms with E-state index in [1.165, 1.54) is 0 Å². The maximum absolute atomic E-state index is 5.85. The van der Waals surface area contributed by atoms with Gasteiger partial charge in [-0.25, -0.2) is 0 Å². The SMILES string of the molecule is CC(C)n1ncc2ncc(Cl)cc21. The lowest BCUT2D eigenvalue weighted by molar-refractivity contribution is 0.551. The van der Waals surface area contributed by atoms with Crippen LogP contribution in [0, 0.1) is 0 Å². The normalized spacial score (nSPS) is 11.4. The van der Waals surface area contributed by atoms with Gasteiger partial charge in [0, 0.05) is 12.2 Å². The van der Waals surface area contributed by atoms with Gasteiger partial charge < -0.3 is 0 Å². The maximum atomic E-state index is 5.85. The fraction of sp³-hybridized carbons (Fsp3) is 0.333. The van der Waals surface area contributed by atoms with Crippen LogP contribution in [-0.2, 0) is 0 Å². The van der Waals surface area contributed by atoms with E-state index in [0.29, 0.717) is 11.1 Å². The first-order valence-electron chi connectivity index (χ1n) is 4.17. The van der Waals surface area contributed by atoms with Crippen molar-refractivity contribution in [3.63, 3.8) is 0 Å². The minimum Gasteiger partial charge on any atom is -0.261 e. The Kier molecular flexibility index (Phi) is 1.96. The van der Waals surface area contributed by atoms with Gasteiger partial charge in [0.05, 0.1) is 16.7 Å². The number of fused-ring (bicyclic) bond motifs is 1. The topological polar surface area (TPSA) is 30.7 Å². The van der Waals surface area contributed by atoms with Crippen LogP contribution in [0.1, 0.15) is 19.9 Å². The Hall–Kier alpha value is -1.09. The average Bonchev–Trinajstić information content (AvgIpc) is 2.46. The molecule has 4 heteroatoms. The zero-order chi connectivity index (χ0) is 9.42. The third-order valence-corrected chi connectivity index (χ3v) is 2.11. The zero-order valence-corrected chi connectivity index (χ0v) is 8.28. The predicted octanol–water partition coefficient (Wildman–Crippen LogP) is 2.67. The molecule has 68 valence electrons. The minimum atomic E-state index is 0.331. The zero-order valence-electron chi connectivity index (χ0n) is 7.53. The van der Waals surface area contributed by atoms with Gasteiger partial charge in [0.25, 0.3) is 0 Å². The van der Waals surface area contributed by atoms with Crippen LogP contribution >= 0.6 is 11.6 Å². The number of halogens is 1. The first-order valence-corrected chi connectivity index (χ1v) is 4.55. The highest BCUT2D eigenvalue weighted by Gasteiger charge is 2.06. The van der Waals surface area contributed by atoms with Crippen LogP contribution in [0.2, 0.25) is 5.02 Å². The Labute approximate surface area is 81.3 Å². The minimum absolute atomic E-state index is 0.331. The first-order chi connectivity index (χ1) is 6.18.